The van der Waals surface area contributed by atoms with Gasteiger partial charge in [0.1, 0.15) is 11.5 Å². The summed E-state index contributed by atoms with van der Waals surface area (Å²) < 4.78 is 0. The molecule has 1 saturated carbocycles. The van der Waals surface area contributed by atoms with Crippen LogP contribution in [0.15, 0.2) is 18.2 Å². The Balaban J connectivity index is 1.99. The van der Waals surface area contributed by atoms with E-state index in [1.54, 1.807) is 12.1 Å². The fourth-order valence-electron chi connectivity index (χ4n) is 2.89. The number of aliphatic hydroxyl groups is 1. The van der Waals surface area contributed by atoms with E-state index in [0.717, 1.165) is 24.9 Å². The molecule has 19 heavy (non-hydrogen) atoms. The van der Waals surface area contributed by atoms with Crippen LogP contribution in [0.25, 0.3) is 0 Å². The van der Waals surface area contributed by atoms with E-state index in [2.05, 4.69) is 5.32 Å². The number of phenols is 2. The molecule has 1 fully saturated rings. The van der Waals surface area contributed by atoms with Crippen molar-refractivity contribution < 1.29 is 15.3 Å². The van der Waals surface area contributed by atoms with Crippen LogP contribution in [0.5, 0.6) is 11.5 Å². The van der Waals surface area contributed by atoms with Gasteiger partial charge < -0.3 is 20.6 Å². The molecule has 4 N–H and O–H groups in total. The molecule has 1 unspecified atom stereocenters. The van der Waals surface area contributed by atoms with E-state index in [0.29, 0.717) is 0 Å². The fraction of sp³-hybridized carbons (Fsp3) is 0.600. The van der Waals surface area contributed by atoms with E-state index < -0.39 is 0 Å². The van der Waals surface area contributed by atoms with Gasteiger partial charge in [-0.15, -0.1) is 0 Å². The number of hydrogen-bond donors (Lipinski definition) is 4. The molecule has 0 saturated heterocycles. The lowest BCUT2D eigenvalue weighted by atomic mass is 9.87. The first-order valence-corrected chi connectivity index (χ1v) is 6.92. The Morgan fingerprint density at radius 3 is 2.53 bits per heavy atom. The van der Waals surface area contributed by atoms with Crippen molar-refractivity contribution in [1.29, 1.82) is 0 Å². The molecule has 0 aromatic heterocycles. The van der Waals surface area contributed by atoms with Gasteiger partial charge in [-0.2, -0.15) is 0 Å². The summed E-state index contributed by atoms with van der Waals surface area (Å²) >= 11 is 0. The zero-order valence-corrected chi connectivity index (χ0v) is 11.4. The maximum absolute atomic E-state index is 9.83. The second kappa shape index (κ2) is 5.80. The molecular weight excluding hydrogens is 242 g/mol. The van der Waals surface area contributed by atoms with Gasteiger partial charge in [-0.3, -0.25) is 0 Å². The van der Waals surface area contributed by atoms with Crippen molar-refractivity contribution in [2.45, 2.75) is 38.6 Å². The second-order valence-corrected chi connectivity index (χ2v) is 5.71. The highest BCUT2D eigenvalue weighted by atomic mass is 16.3. The Kier molecular flexibility index (Phi) is 4.32. The van der Waals surface area contributed by atoms with Gasteiger partial charge in [0.05, 0.1) is 0 Å². The summed E-state index contributed by atoms with van der Waals surface area (Å²) in [7, 11) is 0. The molecule has 0 spiro atoms. The average molecular weight is 265 g/mol. The number of benzene rings is 1. The van der Waals surface area contributed by atoms with Crippen molar-refractivity contribution in [3.63, 3.8) is 0 Å². The number of nitrogens with one attached hydrogen (secondary N) is 1. The maximum Gasteiger partial charge on any atom is 0.124 e. The first kappa shape index (κ1) is 14.2. The topological polar surface area (TPSA) is 72.7 Å². The van der Waals surface area contributed by atoms with Crippen molar-refractivity contribution in [1.82, 2.24) is 5.32 Å². The summed E-state index contributed by atoms with van der Waals surface area (Å²) in [5.41, 5.74) is 0.768. The van der Waals surface area contributed by atoms with Crippen LogP contribution in [0.2, 0.25) is 0 Å². The quantitative estimate of drug-likeness (QED) is 0.659. The molecule has 0 amide bonds. The minimum atomic E-state index is -0.00961. The number of hydrogen-bond acceptors (Lipinski definition) is 4. The van der Waals surface area contributed by atoms with Gasteiger partial charge in [0.15, 0.2) is 0 Å². The van der Waals surface area contributed by atoms with E-state index in [4.69, 9.17) is 0 Å². The molecule has 106 valence electrons. The molecule has 1 aromatic rings. The number of aliphatic hydroxyl groups excluding tert-OH is 1. The van der Waals surface area contributed by atoms with Crippen LogP contribution in [-0.4, -0.2) is 28.5 Å². The summed E-state index contributed by atoms with van der Waals surface area (Å²) in [5, 5.41) is 32.1. The zero-order valence-electron chi connectivity index (χ0n) is 11.4. The monoisotopic (exact) mass is 265 g/mol. The molecule has 1 aliphatic carbocycles. The normalized spacial score (nSPS) is 19.5. The van der Waals surface area contributed by atoms with Crippen LogP contribution in [0.3, 0.4) is 0 Å². The van der Waals surface area contributed by atoms with Gasteiger partial charge in [0.25, 0.3) is 0 Å². The summed E-state index contributed by atoms with van der Waals surface area (Å²) in [5.74, 6) is 0.167. The minimum absolute atomic E-state index is 0.000792. The molecular formula is C15H23NO3. The minimum Gasteiger partial charge on any atom is -0.508 e. The molecule has 4 heteroatoms. The van der Waals surface area contributed by atoms with E-state index in [1.165, 1.54) is 18.9 Å². The average Bonchev–Trinajstić information content (AvgIpc) is 2.85. The van der Waals surface area contributed by atoms with Crippen LogP contribution in [0.4, 0.5) is 0 Å². The molecule has 0 heterocycles. The van der Waals surface area contributed by atoms with E-state index >= 15 is 0 Å². The third-order valence-corrected chi connectivity index (χ3v) is 4.26. The van der Waals surface area contributed by atoms with Crippen LogP contribution in [0, 0.1) is 5.41 Å². The van der Waals surface area contributed by atoms with E-state index in [1.807, 2.05) is 6.92 Å². The van der Waals surface area contributed by atoms with Gasteiger partial charge in [-0.25, -0.2) is 0 Å². The lowest BCUT2D eigenvalue weighted by Crippen LogP contribution is -2.36. The van der Waals surface area contributed by atoms with Gasteiger partial charge in [-0.05, 0) is 25.8 Å². The van der Waals surface area contributed by atoms with E-state index in [-0.39, 0.29) is 29.6 Å². The van der Waals surface area contributed by atoms with Gasteiger partial charge in [0, 0.05) is 36.2 Å². The molecule has 0 aliphatic heterocycles. The Labute approximate surface area is 114 Å². The Bertz CT molecular complexity index is 427. The number of phenolic OH excluding ortho intramolecular Hbond substituents is 2. The first-order chi connectivity index (χ1) is 9.06. The highest BCUT2D eigenvalue weighted by molar-refractivity contribution is 5.40. The first-order valence-electron chi connectivity index (χ1n) is 6.92. The lowest BCUT2D eigenvalue weighted by molar-refractivity contribution is 0.125. The van der Waals surface area contributed by atoms with E-state index in [9.17, 15) is 15.3 Å². The van der Waals surface area contributed by atoms with Crippen molar-refractivity contribution in [3.05, 3.63) is 23.8 Å². The van der Waals surface area contributed by atoms with Crippen molar-refractivity contribution >= 4 is 0 Å². The zero-order chi connectivity index (χ0) is 13.9. The Morgan fingerprint density at radius 2 is 1.95 bits per heavy atom. The highest BCUT2D eigenvalue weighted by Gasteiger charge is 2.33. The van der Waals surface area contributed by atoms with Gasteiger partial charge in [-0.1, -0.05) is 18.9 Å². The lowest BCUT2D eigenvalue weighted by Gasteiger charge is -2.29. The third kappa shape index (κ3) is 3.19. The molecule has 0 bridgehead atoms. The summed E-state index contributed by atoms with van der Waals surface area (Å²) in [6, 6.07) is 4.64. The van der Waals surface area contributed by atoms with Gasteiger partial charge >= 0.3 is 0 Å². The van der Waals surface area contributed by atoms with Gasteiger partial charge in [0.2, 0.25) is 0 Å². The smallest absolute Gasteiger partial charge is 0.124 e. The maximum atomic E-state index is 9.83. The predicted molar refractivity (Wildman–Crippen MR) is 74.2 cm³/mol. The molecule has 1 aliphatic rings. The number of aromatic hydroxyl groups is 2. The summed E-state index contributed by atoms with van der Waals surface area (Å²) in [6.07, 6.45) is 4.48. The molecule has 0 radical (unpaired) electrons. The second-order valence-electron chi connectivity index (χ2n) is 5.71. The Morgan fingerprint density at radius 1 is 1.26 bits per heavy atom. The predicted octanol–water partition coefficient (Wildman–Crippen LogP) is 2.30. The SMILES string of the molecule is CC(NCC1(CO)CCCC1)c1ccc(O)cc1O. The van der Waals surface area contributed by atoms with Crippen LogP contribution >= 0.6 is 0 Å². The van der Waals surface area contributed by atoms with Crippen LogP contribution in [0.1, 0.15) is 44.2 Å². The fourth-order valence-corrected chi connectivity index (χ4v) is 2.89. The summed E-state index contributed by atoms with van der Waals surface area (Å²) in [6.45, 7) is 2.95. The summed E-state index contributed by atoms with van der Waals surface area (Å²) in [4.78, 5) is 0. The Hall–Kier alpha value is -1.26. The van der Waals surface area contributed by atoms with Crippen LogP contribution < -0.4 is 5.32 Å². The standard InChI is InChI=1S/C15H23NO3/c1-11(13-5-4-12(18)8-14(13)19)16-9-15(10-17)6-2-3-7-15/h4-5,8,11,16-19H,2-3,6-7,9-10H2,1H3. The molecule has 1 aromatic carbocycles. The number of rotatable bonds is 5. The molecule has 1 atom stereocenters. The van der Waals surface area contributed by atoms with Crippen LogP contribution in [-0.2, 0) is 0 Å². The molecule has 2 rings (SSSR count). The largest absolute Gasteiger partial charge is 0.508 e. The van der Waals surface area contributed by atoms with Crippen molar-refractivity contribution in [2.75, 3.05) is 13.2 Å². The highest BCUT2D eigenvalue weighted by Crippen LogP contribution is 2.37. The molecule has 4 nitrogen and oxygen atoms in total. The third-order valence-electron chi connectivity index (χ3n) is 4.26. The van der Waals surface area contributed by atoms with Crippen molar-refractivity contribution in [3.8, 4) is 11.5 Å². The van der Waals surface area contributed by atoms with Crippen molar-refractivity contribution in [2.24, 2.45) is 5.41 Å².